The number of nitrogens with one attached hydrogen (secondary N) is 1. The molecule has 0 aliphatic carbocycles. The molecule has 5 nitrogen and oxygen atoms in total. The number of nitrogens with zero attached hydrogens (tertiary/aromatic N) is 2. The van der Waals surface area contributed by atoms with Crippen LogP contribution in [0.5, 0.6) is 0 Å². The molecule has 30 heavy (non-hydrogen) atoms. The second-order valence-corrected chi connectivity index (χ2v) is 6.56. The normalized spacial score (nSPS) is 17.3. The van der Waals surface area contributed by atoms with Crippen molar-refractivity contribution in [3.8, 4) is 17.9 Å². The lowest BCUT2D eigenvalue weighted by molar-refractivity contribution is 0.130. The number of hydrogen-bond acceptors (Lipinski definition) is 4. The molecular weight excluding hydrogens is 388 g/mol. The smallest absolute Gasteiger partial charge is 0.408 e. The Morgan fingerprint density at radius 1 is 1.00 bits per heavy atom. The van der Waals surface area contributed by atoms with Crippen LogP contribution in [0.4, 0.5) is 13.6 Å². The molecule has 146 valence electrons. The Labute approximate surface area is 170 Å². The van der Waals surface area contributed by atoms with Crippen LogP contribution in [0.3, 0.4) is 0 Å². The number of ether oxygens (including phenoxy) is 1. The summed E-state index contributed by atoms with van der Waals surface area (Å²) < 4.78 is 33.1. The number of rotatable bonds is 2. The minimum Gasteiger partial charge on any atom is -0.439 e. The van der Waals surface area contributed by atoms with Gasteiger partial charge in [0.05, 0.1) is 11.6 Å². The van der Waals surface area contributed by atoms with Gasteiger partial charge < -0.3 is 10.1 Å². The van der Waals surface area contributed by atoms with Gasteiger partial charge in [0.25, 0.3) is 0 Å². The van der Waals surface area contributed by atoms with E-state index >= 15 is 0 Å². The van der Waals surface area contributed by atoms with Gasteiger partial charge in [-0.3, -0.25) is 4.98 Å². The first-order valence-corrected chi connectivity index (χ1v) is 8.93. The highest BCUT2D eigenvalue weighted by Crippen LogP contribution is 2.37. The predicted molar refractivity (Wildman–Crippen MR) is 103 cm³/mol. The van der Waals surface area contributed by atoms with Crippen LogP contribution in [0.1, 0.15) is 40.0 Å². The van der Waals surface area contributed by atoms with Gasteiger partial charge in [0.2, 0.25) is 0 Å². The van der Waals surface area contributed by atoms with Crippen LogP contribution in [0, 0.1) is 34.8 Å². The molecule has 1 amide bonds. The highest BCUT2D eigenvalue weighted by atomic mass is 19.1. The van der Waals surface area contributed by atoms with E-state index in [-0.39, 0.29) is 5.56 Å². The molecule has 1 N–H and O–H groups in total. The number of halogens is 2. The number of hydrogen-bond donors (Lipinski definition) is 1. The maximum absolute atomic E-state index is 14.2. The van der Waals surface area contributed by atoms with E-state index in [0.717, 1.165) is 18.2 Å². The van der Waals surface area contributed by atoms with Gasteiger partial charge in [0, 0.05) is 29.1 Å². The molecule has 0 saturated carbocycles. The van der Waals surface area contributed by atoms with Crippen molar-refractivity contribution in [3.05, 3.63) is 100 Å². The van der Waals surface area contributed by atoms with Gasteiger partial charge in [0.15, 0.2) is 6.10 Å². The second kappa shape index (κ2) is 8.02. The van der Waals surface area contributed by atoms with E-state index in [1.807, 2.05) is 0 Å². The third-order valence-electron chi connectivity index (χ3n) is 4.54. The average molecular weight is 401 g/mol. The summed E-state index contributed by atoms with van der Waals surface area (Å²) in [6.07, 6.45) is 1.26. The minimum atomic E-state index is -1.05. The van der Waals surface area contributed by atoms with Crippen molar-refractivity contribution in [2.45, 2.75) is 12.1 Å². The van der Waals surface area contributed by atoms with E-state index < -0.39 is 29.9 Å². The van der Waals surface area contributed by atoms with Gasteiger partial charge in [-0.1, -0.05) is 17.9 Å². The number of cyclic esters (lactones) is 1. The molecule has 7 heteroatoms. The predicted octanol–water partition coefficient (Wildman–Crippen LogP) is 4.15. The number of aromatic nitrogens is 1. The molecule has 2 aromatic carbocycles. The van der Waals surface area contributed by atoms with E-state index in [0.29, 0.717) is 22.3 Å². The standard InChI is InChI=1S/C23H13F2N3O2/c24-18-6-7-20(25)19(10-18)22-21(28-23(29)30-22)17-9-16(12-27-13-17)5-4-14-2-1-3-15(8-14)11-26/h1-3,6-10,12-13,21-22H,(H,28,29)/t21-,22-/m1/s1. The van der Waals surface area contributed by atoms with Gasteiger partial charge >= 0.3 is 6.09 Å². The van der Waals surface area contributed by atoms with Crippen LogP contribution in [0.2, 0.25) is 0 Å². The molecule has 2 atom stereocenters. The fourth-order valence-electron chi connectivity index (χ4n) is 3.16. The first kappa shape index (κ1) is 19.1. The Morgan fingerprint density at radius 3 is 2.63 bits per heavy atom. The monoisotopic (exact) mass is 401 g/mol. The lowest BCUT2D eigenvalue weighted by Gasteiger charge is -2.18. The quantitative estimate of drug-likeness (QED) is 0.655. The van der Waals surface area contributed by atoms with Crippen molar-refractivity contribution in [1.29, 1.82) is 5.26 Å². The highest BCUT2D eigenvalue weighted by molar-refractivity contribution is 5.71. The van der Waals surface area contributed by atoms with Crippen molar-refractivity contribution >= 4 is 6.09 Å². The molecule has 4 rings (SSSR count). The first-order chi connectivity index (χ1) is 14.5. The number of carbonyl (C=O) groups is 1. The lowest BCUT2D eigenvalue weighted by Crippen LogP contribution is -2.20. The second-order valence-electron chi connectivity index (χ2n) is 6.56. The van der Waals surface area contributed by atoms with E-state index in [4.69, 9.17) is 10.00 Å². The molecule has 0 bridgehead atoms. The first-order valence-electron chi connectivity index (χ1n) is 8.93. The third kappa shape index (κ3) is 3.96. The molecule has 1 fully saturated rings. The lowest BCUT2D eigenvalue weighted by atomic mass is 9.96. The van der Waals surface area contributed by atoms with E-state index in [9.17, 15) is 13.6 Å². The van der Waals surface area contributed by atoms with Crippen LogP contribution in [-0.2, 0) is 4.74 Å². The van der Waals surface area contributed by atoms with Gasteiger partial charge in [-0.15, -0.1) is 0 Å². The van der Waals surface area contributed by atoms with Crippen LogP contribution in [-0.4, -0.2) is 11.1 Å². The van der Waals surface area contributed by atoms with Gasteiger partial charge in [0.1, 0.15) is 17.7 Å². The Bertz CT molecular complexity index is 1240. The molecule has 0 unspecified atom stereocenters. The minimum absolute atomic E-state index is 0.0665. The van der Waals surface area contributed by atoms with Crippen LogP contribution in [0.15, 0.2) is 60.9 Å². The van der Waals surface area contributed by atoms with Crippen LogP contribution >= 0.6 is 0 Å². The largest absolute Gasteiger partial charge is 0.439 e. The maximum Gasteiger partial charge on any atom is 0.408 e. The van der Waals surface area contributed by atoms with Crippen LogP contribution in [0.25, 0.3) is 0 Å². The Hall–Kier alpha value is -4.23. The summed E-state index contributed by atoms with van der Waals surface area (Å²) in [5, 5.41) is 11.6. The summed E-state index contributed by atoms with van der Waals surface area (Å²) in [6, 6.07) is 12.8. The SMILES string of the molecule is N#Cc1cccc(C#Cc2cncc([C@H]3NC(=O)O[C@@H]3c3cc(F)ccc3F)c2)c1. The van der Waals surface area contributed by atoms with Crippen molar-refractivity contribution in [1.82, 2.24) is 10.3 Å². The third-order valence-corrected chi connectivity index (χ3v) is 4.54. The Morgan fingerprint density at radius 2 is 1.80 bits per heavy atom. The number of nitriles is 1. The van der Waals surface area contributed by atoms with Crippen molar-refractivity contribution < 1.29 is 18.3 Å². The summed E-state index contributed by atoms with van der Waals surface area (Å²) >= 11 is 0. The fourth-order valence-corrected chi connectivity index (χ4v) is 3.16. The fraction of sp³-hybridized carbons (Fsp3) is 0.0870. The number of amides is 1. The molecule has 2 heterocycles. The zero-order chi connectivity index (χ0) is 21.1. The highest BCUT2D eigenvalue weighted by Gasteiger charge is 2.38. The van der Waals surface area contributed by atoms with E-state index in [2.05, 4.69) is 28.2 Å². The number of benzene rings is 2. The van der Waals surface area contributed by atoms with Crippen LogP contribution < -0.4 is 5.32 Å². The number of pyridine rings is 1. The molecule has 1 aliphatic rings. The Kier molecular flexibility index (Phi) is 5.11. The molecule has 1 aliphatic heterocycles. The van der Waals surface area contributed by atoms with E-state index in [1.54, 1.807) is 36.5 Å². The zero-order valence-electron chi connectivity index (χ0n) is 15.4. The van der Waals surface area contributed by atoms with E-state index in [1.165, 1.54) is 6.20 Å². The molecule has 3 aromatic rings. The van der Waals surface area contributed by atoms with Gasteiger partial charge in [-0.2, -0.15) is 5.26 Å². The number of carbonyl (C=O) groups excluding carboxylic acids is 1. The summed E-state index contributed by atoms with van der Waals surface area (Å²) in [6.45, 7) is 0. The van der Waals surface area contributed by atoms with Gasteiger partial charge in [-0.25, -0.2) is 13.6 Å². The summed E-state index contributed by atoms with van der Waals surface area (Å²) in [7, 11) is 0. The summed E-state index contributed by atoms with van der Waals surface area (Å²) in [5.41, 5.74) is 2.18. The maximum atomic E-state index is 14.2. The van der Waals surface area contributed by atoms with Crippen molar-refractivity contribution in [2.75, 3.05) is 0 Å². The average Bonchev–Trinajstić information content (AvgIpc) is 3.16. The zero-order valence-corrected chi connectivity index (χ0v) is 15.4. The summed E-state index contributed by atoms with van der Waals surface area (Å²) in [4.78, 5) is 16.0. The molecule has 1 saturated heterocycles. The summed E-state index contributed by atoms with van der Waals surface area (Å²) in [5.74, 6) is 4.59. The molecule has 1 aromatic heterocycles. The molecular formula is C23H13F2N3O2. The van der Waals surface area contributed by atoms with Gasteiger partial charge in [-0.05, 0) is 48.0 Å². The van der Waals surface area contributed by atoms with Crippen molar-refractivity contribution in [2.24, 2.45) is 0 Å². The Balaban J connectivity index is 1.66. The molecule has 0 radical (unpaired) electrons. The number of alkyl carbamates (subject to hydrolysis) is 1. The topological polar surface area (TPSA) is 75.0 Å². The molecule has 0 spiro atoms. The van der Waals surface area contributed by atoms with Crippen molar-refractivity contribution in [3.63, 3.8) is 0 Å².